The Balaban J connectivity index is 1.87. The van der Waals surface area contributed by atoms with E-state index in [1.165, 1.54) is 0 Å². The molecule has 0 N–H and O–H groups in total. The van der Waals surface area contributed by atoms with E-state index in [0.29, 0.717) is 0 Å². The lowest BCUT2D eigenvalue weighted by molar-refractivity contribution is 0.216. The van der Waals surface area contributed by atoms with Gasteiger partial charge >= 0.3 is 0 Å². The fraction of sp³-hybridized carbons (Fsp3) is 0.250. The number of rotatable bonds is 3. The largest absolute Gasteiger partial charge is 0.491 e. The Kier molecular flexibility index (Phi) is 3.38. The Morgan fingerprint density at radius 2 is 1.89 bits per heavy atom. The summed E-state index contributed by atoms with van der Waals surface area (Å²) in [5.41, 5.74) is 0. The van der Waals surface area contributed by atoms with E-state index in [0.717, 1.165) is 33.5 Å². The van der Waals surface area contributed by atoms with Gasteiger partial charge in [-0.05, 0) is 37.6 Å². The molecular formula is C16H16O2S. The number of fused-ring (bicyclic) bond motifs is 2. The summed E-state index contributed by atoms with van der Waals surface area (Å²) in [5.74, 6) is 2.67. The Hall–Kier alpha value is -1.61. The molecule has 3 rings (SSSR count). The number of para-hydroxylation sites is 1. The topological polar surface area (TPSA) is 18.5 Å². The minimum atomic E-state index is 0.224. The first-order chi connectivity index (χ1) is 9.26. The summed E-state index contributed by atoms with van der Waals surface area (Å²) in [6.07, 6.45) is 1.22. The van der Waals surface area contributed by atoms with Crippen LogP contribution in [-0.2, 0) is 0 Å². The smallest absolute Gasteiger partial charge is 0.145 e. The fourth-order valence-corrected chi connectivity index (χ4v) is 2.83. The molecule has 19 heavy (non-hydrogen) atoms. The van der Waals surface area contributed by atoms with Gasteiger partial charge in [-0.2, -0.15) is 0 Å². The molecule has 0 unspecified atom stereocenters. The van der Waals surface area contributed by atoms with E-state index >= 15 is 0 Å². The zero-order valence-corrected chi connectivity index (χ0v) is 11.9. The van der Waals surface area contributed by atoms with Gasteiger partial charge < -0.3 is 9.47 Å². The third-order valence-corrected chi connectivity index (χ3v) is 4.23. The monoisotopic (exact) mass is 272 g/mol. The molecule has 0 amide bonds. The van der Waals surface area contributed by atoms with Gasteiger partial charge in [-0.1, -0.05) is 30.8 Å². The lowest BCUT2D eigenvalue weighted by atomic mass is 10.3. The van der Waals surface area contributed by atoms with Crippen molar-refractivity contribution in [1.29, 1.82) is 0 Å². The standard InChI is InChI=1S/C16H16O2S/c1-3-11(2)17-12-8-9-16-14(10-12)18-13-6-4-5-7-15(13)19-16/h4-11H,3H2,1-2H3/t11-/m1/s1. The van der Waals surface area contributed by atoms with Gasteiger partial charge in [0, 0.05) is 6.07 Å². The molecule has 0 aliphatic carbocycles. The average Bonchev–Trinajstić information content (AvgIpc) is 2.45. The predicted octanol–water partition coefficient (Wildman–Crippen LogP) is 5.12. The summed E-state index contributed by atoms with van der Waals surface area (Å²) >= 11 is 1.74. The van der Waals surface area contributed by atoms with Crippen molar-refractivity contribution in [3.8, 4) is 17.2 Å². The minimum Gasteiger partial charge on any atom is -0.491 e. The highest BCUT2D eigenvalue weighted by molar-refractivity contribution is 7.99. The summed E-state index contributed by atoms with van der Waals surface area (Å²) in [6.45, 7) is 4.19. The van der Waals surface area contributed by atoms with E-state index in [4.69, 9.17) is 9.47 Å². The predicted molar refractivity (Wildman–Crippen MR) is 77.5 cm³/mol. The van der Waals surface area contributed by atoms with E-state index in [9.17, 15) is 0 Å². The van der Waals surface area contributed by atoms with Crippen LogP contribution in [0.4, 0.5) is 0 Å². The van der Waals surface area contributed by atoms with Crippen LogP contribution in [0.25, 0.3) is 0 Å². The third kappa shape index (κ3) is 2.56. The van der Waals surface area contributed by atoms with Gasteiger partial charge in [0.05, 0.1) is 15.9 Å². The summed E-state index contributed by atoms with van der Waals surface area (Å²) in [6, 6.07) is 14.1. The second-order valence-electron chi connectivity index (χ2n) is 4.60. The maximum absolute atomic E-state index is 5.93. The molecule has 0 saturated carbocycles. The van der Waals surface area contributed by atoms with Crippen LogP contribution in [0, 0.1) is 0 Å². The van der Waals surface area contributed by atoms with Gasteiger partial charge in [0.15, 0.2) is 0 Å². The number of benzene rings is 2. The lowest BCUT2D eigenvalue weighted by Crippen LogP contribution is -2.09. The molecule has 0 bridgehead atoms. The van der Waals surface area contributed by atoms with E-state index < -0.39 is 0 Å². The maximum atomic E-state index is 5.93. The molecule has 2 aromatic rings. The fourth-order valence-electron chi connectivity index (χ4n) is 1.90. The molecule has 1 atom stereocenters. The van der Waals surface area contributed by atoms with E-state index in [1.807, 2.05) is 30.3 Å². The van der Waals surface area contributed by atoms with Gasteiger partial charge in [0.1, 0.15) is 17.2 Å². The summed E-state index contributed by atoms with van der Waals surface area (Å²) < 4.78 is 11.8. The van der Waals surface area contributed by atoms with Crippen molar-refractivity contribution < 1.29 is 9.47 Å². The number of hydrogen-bond donors (Lipinski definition) is 0. The minimum absolute atomic E-state index is 0.224. The highest BCUT2D eigenvalue weighted by Crippen LogP contribution is 2.47. The van der Waals surface area contributed by atoms with Crippen molar-refractivity contribution in [2.75, 3.05) is 0 Å². The van der Waals surface area contributed by atoms with Gasteiger partial charge in [-0.15, -0.1) is 0 Å². The number of hydrogen-bond acceptors (Lipinski definition) is 3. The highest BCUT2D eigenvalue weighted by Gasteiger charge is 2.18. The van der Waals surface area contributed by atoms with Gasteiger partial charge in [-0.3, -0.25) is 0 Å². The van der Waals surface area contributed by atoms with Crippen molar-refractivity contribution in [3.63, 3.8) is 0 Å². The highest BCUT2D eigenvalue weighted by atomic mass is 32.2. The second kappa shape index (κ2) is 5.17. The molecule has 2 aromatic carbocycles. The van der Waals surface area contributed by atoms with Gasteiger partial charge in [-0.25, -0.2) is 0 Å². The summed E-state index contributed by atoms with van der Waals surface area (Å²) in [4.78, 5) is 2.29. The van der Waals surface area contributed by atoms with E-state index in [1.54, 1.807) is 11.8 Å². The molecule has 0 saturated heterocycles. The van der Waals surface area contributed by atoms with E-state index in [2.05, 4.69) is 26.0 Å². The quantitative estimate of drug-likeness (QED) is 0.659. The number of ether oxygens (including phenoxy) is 2. The van der Waals surface area contributed by atoms with Crippen molar-refractivity contribution in [1.82, 2.24) is 0 Å². The Bertz CT molecular complexity index is 595. The first-order valence-electron chi connectivity index (χ1n) is 6.51. The lowest BCUT2D eigenvalue weighted by Gasteiger charge is -2.20. The Morgan fingerprint density at radius 3 is 2.74 bits per heavy atom. The molecular weight excluding hydrogens is 256 g/mol. The molecule has 3 heteroatoms. The molecule has 1 aliphatic rings. The maximum Gasteiger partial charge on any atom is 0.145 e. The molecule has 2 nitrogen and oxygen atoms in total. The second-order valence-corrected chi connectivity index (χ2v) is 5.68. The SMILES string of the molecule is CC[C@@H](C)Oc1ccc2c(c1)Oc1ccccc1S2. The molecule has 98 valence electrons. The first kappa shape index (κ1) is 12.4. The van der Waals surface area contributed by atoms with Crippen molar-refractivity contribution >= 4 is 11.8 Å². The molecule has 0 fully saturated rings. The molecule has 0 radical (unpaired) electrons. The van der Waals surface area contributed by atoms with Crippen molar-refractivity contribution in [2.45, 2.75) is 36.2 Å². The molecule has 1 aliphatic heterocycles. The van der Waals surface area contributed by atoms with Gasteiger partial charge in [0.2, 0.25) is 0 Å². The first-order valence-corrected chi connectivity index (χ1v) is 7.33. The van der Waals surface area contributed by atoms with Crippen LogP contribution >= 0.6 is 11.8 Å². The van der Waals surface area contributed by atoms with Crippen molar-refractivity contribution in [2.24, 2.45) is 0 Å². The van der Waals surface area contributed by atoms with Crippen LogP contribution in [0.15, 0.2) is 52.3 Å². The molecule has 1 heterocycles. The van der Waals surface area contributed by atoms with Crippen LogP contribution in [0.2, 0.25) is 0 Å². The van der Waals surface area contributed by atoms with Crippen LogP contribution in [-0.4, -0.2) is 6.10 Å². The van der Waals surface area contributed by atoms with E-state index in [-0.39, 0.29) is 6.10 Å². The summed E-state index contributed by atoms with van der Waals surface area (Å²) in [7, 11) is 0. The van der Waals surface area contributed by atoms with Crippen molar-refractivity contribution in [3.05, 3.63) is 42.5 Å². The third-order valence-electron chi connectivity index (χ3n) is 3.12. The zero-order valence-electron chi connectivity index (χ0n) is 11.1. The van der Waals surface area contributed by atoms with Crippen LogP contribution in [0.5, 0.6) is 17.2 Å². The zero-order chi connectivity index (χ0) is 13.2. The van der Waals surface area contributed by atoms with Crippen LogP contribution in [0.1, 0.15) is 20.3 Å². The average molecular weight is 272 g/mol. The van der Waals surface area contributed by atoms with Gasteiger partial charge in [0.25, 0.3) is 0 Å². The Morgan fingerprint density at radius 1 is 1.11 bits per heavy atom. The summed E-state index contributed by atoms with van der Waals surface area (Å²) in [5, 5.41) is 0. The normalized spacial score (nSPS) is 14.0. The van der Waals surface area contributed by atoms with Crippen LogP contribution in [0.3, 0.4) is 0 Å². The molecule has 0 aromatic heterocycles. The van der Waals surface area contributed by atoms with Crippen LogP contribution < -0.4 is 9.47 Å². The molecule has 0 spiro atoms. The Labute approximate surface area is 117 Å².